The third kappa shape index (κ3) is 7.85. The molecule has 2 saturated heterocycles. The molecule has 4 N–H and O–H groups in total. The average molecular weight is 851 g/mol. The van der Waals surface area contributed by atoms with Crippen LogP contribution in [0, 0.1) is 11.8 Å². The molecular weight excluding hydrogens is 801 g/mol. The molecule has 0 spiro atoms. The van der Waals surface area contributed by atoms with Crippen LogP contribution in [0.1, 0.15) is 77.1 Å². The predicted octanol–water partition coefficient (Wildman–Crippen LogP) is 8.65. The van der Waals surface area contributed by atoms with Gasteiger partial charge in [-0.15, -0.1) is 22.7 Å². The van der Waals surface area contributed by atoms with Gasteiger partial charge in [-0.05, 0) is 66.3 Å². The van der Waals surface area contributed by atoms with Gasteiger partial charge in [0, 0.05) is 35.0 Å². The molecule has 2 unspecified atom stereocenters. The van der Waals surface area contributed by atoms with Crippen molar-refractivity contribution in [2.45, 2.75) is 77.5 Å². The molecule has 4 atom stereocenters. The van der Waals surface area contributed by atoms with Crippen molar-refractivity contribution in [3.05, 3.63) is 71.1 Å². The fourth-order valence-corrected chi connectivity index (χ4v) is 10.9. The molecule has 0 aliphatic carbocycles. The van der Waals surface area contributed by atoms with Gasteiger partial charge >= 0.3 is 12.2 Å². The Hall–Kier alpha value is -5.74. The number of methoxy groups -OCH3 is 2. The number of amides is 4. The van der Waals surface area contributed by atoms with Gasteiger partial charge in [-0.25, -0.2) is 19.6 Å². The smallest absolute Gasteiger partial charge is 0.407 e. The first-order valence-corrected chi connectivity index (χ1v) is 22.2. The van der Waals surface area contributed by atoms with Crippen molar-refractivity contribution >= 4 is 67.1 Å². The number of aromatic nitrogens is 4. The van der Waals surface area contributed by atoms with Crippen LogP contribution in [0.3, 0.4) is 0 Å². The molecule has 0 radical (unpaired) electrons. The second-order valence-corrected chi connectivity index (χ2v) is 17.9. The van der Waals surface area contributed by atoms with Gasteiger partial charge in [0.15, 0.2) is 0 Å². The summed E-state index contributed by atoms with van der Waals surface area (Å²) in [5, 5.41) is 9.85. The lowest BCUT2D eigenvalue weighted by Gasteiger charge is -2.30. The number of rotatable bonds is 11. The van der Waals surface area contributed by atoms with E-state index in [4.69, 9.17) is 19.4 Å². The first kappa shape index (κ1) is 41.0. The summed E-state index contributed by atoms with van der Waals surface area (Å²) in [5.41, 5.74) is 8.15. The van der Waals surface area contributed by atoms with Crippen LogP contribution in [0.15, 0.2) is 59.4 Å². The molecule has 2 aromatic carbocycles. The van der Waals surface area contributed by atoms with Gasteiger partial charge in [-0.1, -0.05) is 58.0 Å². The number of nitrogens with zero attached hydrogens (tertiary/aromatic N) is 4. The molecule has 314 valence electrons. The minimum Gasteiger partial charge on any atom is -0.453 e. The zero-order valence-corrected chi connectivity index (χ0v) is 36.2. The molecule has 0 bridgehead atoms. The Bertz CT molecular complexity index is 2540. The van der Waals surface area contributed by atoms with Crippen LogP contribution in [0.4, 0.5) is 9.59 Å². The Morgan fingerprint density at radius 2 is 1.23 bits per heavy atom. The molecule has 2 fully saturated rings. The fourth-order valence-electron chi connectivity index (χ4n) is 8.44. The van der Waals surface area contributed by atoms with Crippen molar-refractivity contribution in [2.75, 3.05) is 27.3 Å². The number of carbonyl (C=O) groups excluding carboxylic acids is 4. The molecule has 6 heterocycles. The highest BCUT2D eigenvalue weighted by atomic mass is 32.1. The molecule has 2 aliphatic rings. The van der Waals surface area contributed by atoms with Crippen LogP contribution in [0.2, 0.25) is 0 Å². The van der Waals surface area contributed by atoms with Crippen LogP contribution < -0.4 is 10.6 Å². The van der Waals surface area contributed by atoms with Crippen LogP contribution in [0.5, 0.6) is 0 Å². The quantitative estimate of drug-likeness (QED) is 0.100. The zero-order chi connectivity index (χ0) is 42.2. The summed E-state index contributed by atoms with van der Waals surface area (Å²) in [6.07, 6.45) is 3.85. The monoisotopic (exact) mass is 850 g/mol. The predicted molar refractivity (Wildman–Crippen MR) is 234 cm³/mol. The van der Waals surface area contributed by atoms with Crippen LogP contribution in [-0.4, -0.2) is 93.1 Å². The Morgan fingerprint density at radius 3 is 1.78 bits per heavy atom. The van der Waals surface area contributed by atoms with Crippen molar-refractivity contribution in [3.63, 3.8) is 0 Å². The van der Waals surface area contributed by atoms with Crippen molar-refractivity contribution in [3.8, 4) is 33.5 Å². The van der Waals surface area contributed by atoms with E-state index in [9.17, 15) is 19.2 Å². The second-order valence-electron chi connectivity index (χ2n) is 16.2. The van der Waals surface area contributed by atoms with Gasteiger partial charge in [0.1, 0.15) is 23.7 Å². The topological polar surface area (TPSA) is 175 Å². The average Bonchev–Trinajstić information content (AvgIpc) is 4.10. The first-order chi connectivity index (χ1) is 28.9. The van der Waals surface area contributed by atoms with E-state index in [2.05, 4.69) is 73.8 Å². The number of likely N-dealkylation sites (tertiary alicyclic amines) is 2. The third-order valence-corrected chi connectivity index (χ3v) is 13.8. The molecule has 4 amide bonds. The number of alkyl carbamates (subject to hydrolysis) is 2. The van der Waals surface area contributed by atoms with Gasteiger partial charge < -0.3 is 39.9 Å². The van der Waals surface area contributed by atoms with Gasteiger partial charge in [-0.3, -0.25) is 9.59 Å². The summed E-state index contributed by atoms with van der Waals surface area (Å²) >= 11 is 3.46. The Labute approximate surface area is 356 Å². The SMILES string of the molecule is COC(=O)N[C@H](C(=O)N1CCCC1c1ncc(-c2ccc(-c3csc4c(-c5ccc6[nH]c(C7CCCN7C(=O)[C@@H](NC(=O)OC)C(C)C)nc6c5)csc34)cc2)[nH]1)C(C)C. The van der Waals surface area contributed by atoms with Gasteiger partial charge in [0.25, 0.3) is 0 Å². The molecule has 4 aromatic heterocycles. The lowest BCUT2D eigenvalue weighted by Crippen LogP contribution is -2.51. The number of nitrogens with one attached hydrogen (secondary N) is 4. The number of ether oxygens (including phenoxy) is 2. The lowest BCUT2D eigenvalue weighted by molar-refractivity contribution is -0.136. The highest BCUT2D eigenvalue weighted by Crippen LogP contribution is 2.45. The molecule has 6 aromatic rings. The number of benzene rings is 2. The van der Waals surface area contributed by atoms with Crippen molar-refractivity contribution in [1.29, 1.82) is 0 Å². The van der Waals surface area contributed by atoms with Crippen LogP contribution in [-0.2, 0) is 19.1 Å². The number of thiophene rings is 2. The fraction of sp³-hybridized carbons (Fsp3) is 0.409. The van der Waals surface area contributed by atoms with E-state index in [0.29, 0.717) is 13.1 Å². The minimum absolute atomic E-state index is 0.105. The minimum atomic E-state index is -0.690. The van der Waals surface area contributed by atoms with Crippen LogP contribution >= 0.6 is 22.7 Å². The summed E-state index contributed by atoms with van der Waals surface area (Å²) in [4.78, 5) is 71.6. The maximum atomic E-state index is 13.7. The number of hydrogen-bond acceptors (Lipinski definition) is 10. The van der Waals surface area contributed by atoms with E-state index < -0.39 is 24.3 Å². The highest BCUT2D eigenvalue weighted by Gasteiger charge is 2.39. The molecule has 16 heteroatoms. The first-order valence-electron chi connectivity index (χ1n) is 20.4. The zero-order valence-electron chi connectivity index (χ0n) is 34.5. The summed E-state index contributed by atoms with van der Waals surface area (Å²) in [7, 11) is 2.59. The summed E-state index contributed by atoms with van der Waals surface area (Å²) in [5.74, 6) is 1.00. The molecular formula is C44H50N8O6S2. The van der Waals surface area contributed by atoms with Gasteiger partial charge in [0.2, 0.25) is 11.8 Å². The van der Waals surface area contributed by atoms with E-state index in [1.807, 2.05) is 43.7 Å². The normalized spacial score (nSPS) is 17.8. The number of hydrogen-bond donors (Lipinski definition) is 4. The number of fused-ring (bicyclic) bond motifs is 2. The molecule has 14 nitrogen and oxygen atoms in total. The maximum Gasteiger partial charge on any atom is 0.407 e. The number of aromatic amines is 2. The third-order valence-electron chi connectivity index (χ3n) is 11.7. The largest absolute Gasteiger partial charge is 0.453 e. The summed E-state index contributed by atoms with van der Waals surface area (Å²) in [6, 6.07) is 13.0. The van der Waals surface area contributed by atoms with Gasteiger partial charge in [0.05, 0.1) is 58.6 Å². The van der Waals surface area contributed by atoms with E-state index in [-0.39, 0.29) is 35.7 Å². The number of imidazole rings is 2. The molecule has 0 saturated carbocycles. The van der Waals surface area contributed by atoms with Crippen molar-refractivity contribution < 1.29 is 28.7 Å². The highest BCUT2D eigenvalue weighted by molar-refractivity contribution is 7.27. The van der Waals surface area contributed by atoms with Crippen molar-refractivity contribution in [2.24, 2.45) is 11.8 Å². The van der Waals surface area contributed by atoms with E-state index in [0.717, 1.165) is 76.3 Å². The molecule has 8 rings (SSSR count). The van der Waals surface area contributed by atoms with Crippen molar-refractivity contribution in [1.82, 2.24) is 40.4 Å². The molecule has 2 aliphatic heterocycles. The van der Waals surface area contributed by atoms with Gasteiger partial charge in [-0.2, -0.15) is 0 Å². The summed E-state index contributed by atoms with van der Waals surface area (Å²) in [6.45, 7) is 8.83. The van der Waals surface area contributed by atoms with Crippen LogP contribution in [0.25, 0.3) is 53.9 Å². The van der Waals surface area contributed by atoms with E-state index in [1.165, 1.54) is 29.2 Å². The van der Waals surface area contributed by atoms with E-state index in [1.54, 1.807) is 22.7 Å². The standard InChI is InChI=1S/C44H50N8O6S2/c1-23(2)35(49-43(55)57-5)41(53)51-17-7-9-33(51)39-45-20-32(48-39)26-13-11-25(12-14-26)28-21-59-38-29(22-60-37(28)38)27-15-16-30-31(19-27)47-40(46-30)34-10-8-18-52(34)42(54)36(24(3)4)50-44(56)58-6/h11-16,19-24,33-36H,7-10,17-18H2,1-6H3,(H,45,48)(H,46,47)(H,49,55)(H,50,56)/t33?,34?,35-,36-/m0/s1. The second kappa shape index (κ2) is 17.1. The Balaban J connectivity index is 0.977. The summed E-state index contributed by atoms with van der Waals surface area (Å²) < 4.78 is 12.0. The number of carbonyl (C=O) groups is 4. The molecule has 60 heavy (non-hydrogen) atoms. The van der Waals surface area contributed by atoms with E-state index >= 15 is 0 Å². The number of H-pyrrole nitrogens is 2. The Morgan fingerprint density at radius 1 is 0.717 bits per heavy atom. The lowest BCUT2D eigenvalue weighted by atomic mass is 10.0. The Kier molecular flexibility index (Phi) is 11.7. The maximum absolute atomic E-state index is 13.7.